The number of rotatable bonds is 3. The summed E-state index contributed by atoms with van der Waals surface area (Å²) >= 11 is 0. The van der Waals surface area contributed by atoms with Gasteiger partial charge in [0.2, 0.25) is 0 Å². The predicted molar refractivity (Wildman–Crippen MR) is 45.9 cm³/mol. The number of hydrogen-bond acceptors (Lipinski definition) is 2. The van der Waals surface area contributed by atoms with Crippen molar-refractivity contribution in [1.82, 2.24) is 5.32 Å². The molecule has 0 rings (SSSR count). The van der Waals surface area contributed by atoms with Crippen LogP contribution in [0.15, 0.2) is 29.2 Å². The smallest absolute Gasteiger partial charge is 0.0453 e. The molecule has 0 atom stereocenters. The number of nitrogens with one attached hydrogen (secondary N) is 1. The van der Waals surface area contributed by atoms with Gasteiger partial charge in [0.05, 0.1) is 0 Å². The zero-order valence-electron chi connectivity index (χ0n) is 6.76. The lowest BCUT2D eigenvalue weighted by molar-refractivity contribution is 1.04. The van der Waals surface area contributed by atoms with Crippen LogP contribution in [0.5, 0.6) is 0 Å². The van der Waals surface area contributed by atoms with E-state index in [-0.39, 0.29) is 0 Å². The van der Waals surface area contributed by atoms with E-state index in [2.05, 4.69) is 10.3 Å². The summed E-state index contributed by atoms with van der Waals surface area (Å²) in [6, 6.07) is 0. The molecule has 0 aromatic carbocycles. The zero-order valence-corrected chi connectivity index (χ0v) is 6.76. The summed E-state index contributed by atoms with van der Waals surface area (Å²) in [6.45, 7) is 5.82. The molecular weight excluding hydrogens is 124 g/mol. The molecule has 1 N–H and O–H groups in total. The first-order valence-electron chi connectivity index (χ1n) is 3.33. The second-order valence-electron chi connectivity index (χ2n) is 1.86. The number of aliphatic imine (C=N–C) groups is 1. The third-order valence-corrected chi connectivity index (χ3v) is 0.895. The summed E-state index contributed by atoms with van der Waals surface area (Å²) < 4.78 is 0. The minimum absolute atomic E-state index is 1.04. The van der Waals surface area contributed by atoms with Gasteiger partial charge < -0.3 is 5.32 Å². The second kappa shape index (κ2) is 6.08. The zero-order chi connectivity index (χ0) is 7.82. The van der Waals surface area contributed by atoms with Crippen molar-refractivity contribution in [2.24, 2.45) is 4.99 Å². The highest BCUT2D eigenvalue weighted by molar-refractivity contribution is 5.54. The average Bonchev–Trinajstić information content (AvgIpc) is 1.97. The van der Waals surface area contributed by atoms with Gasteiger partial charge in [-0.15, -0.1) is 0 Å². The molecule has 0 spiro atoms. The van der Waals surface area contributed by atoms with Crippen LogP contribution in [-0.4, -0.2) is 6.21 Å². The Kier molecular flexibility index (Phi) is 5.44. The van der Waals surface area contributed by atoms with Crippen LogP contribution in [0.25, 0.3) is 0 Å². The Morgan fingerprint density at radius 2 is 2.10 bits per heavy atom. The van der Waals surface area contributed by atoms with Crippen LogP contribution in [0.4, 0.5) is 0 Å². The summed E-state index contributed by atoms with van der Waals surface area (Å²) in [5, 5.41) is 3.03. The van der Waals surface area contributed by atoms with Gasteiger partial charge in [0.1, 0.15) is 0 Å². The van der Waals surface area contributed by atoms with E-state index in [1.165, 1.54) is 0 Å². The molecule has 0 bridgehead atoms. The molecule has 0 fully saturated rings. The van der Waals surface area contributed by atoms with E-state index in [1.807, 2.05) is 33.0 Å². The van der Waals surface area contributed by atoms with E-state index in [4.69, 9.17) is 0 Å². The topological polar surface area (TPSA) is 24.4 Å². The highest BCUT2D eigenvalue weighted by Gasteiger charge is 1.77. The first-order chi connectivity index (χ1) is 4.81. The molecule has 2 nitrogen and oxygen atoms in total. The standard InChI is InChI=1S/C8H14N2/c1-4-6-10-8(3)7-9-5-2/h4-7,10H,1-3H3/b6-4+,8-7-,9-5?. The van der Waals surface area contributed by atoms with Crippen LogP contribution in [0.3, 0.4) is 0 Å². The third kappa shape index (κ3) is 5.09. The molecule has 0 heterocycles. The Balaban J connectivity index is 3.70. The van der Waals surface area contributed by atoms with Crippen LogP contribution < -0.4 is 5.32 Å². The van der Waals surface area contributed by atoms with Gasteiger partial charge in [-0.2, -0.15) is 0 Å². The maximum atomic E-state index is 3.94. The van der Waals surface area contributed by atoms with Crippen LogP contribution in [0.2, 0.25) is 0 Å². The van der Waals surface area contributed by atoms with Gasteiger partial charge in [-0.05, 0) is 27.0 Å². The quantitative estimate of drug-likeness (QED) is 0.593. The Bertz CT molecular complexity index is 155. The fourth-order valence-corrected chi connectivity index (χ4v) is 0.438. The van der Waals surface area contributed by atoms with Crippen LogP contribution >= 0.6 is 0 Å². The molecule has 0 aliphatic carbocycles. The second-order valence-corrected chi connectivity index (χ2v) is 1.86. The van der Waals surface area contributed by atoms with E-state index < -0.39 is 0 Å². The van der Waals surface area contributed by atoms with Gasteiger partial charge >= 0.3 is 0 Å². The van der Waals surface area contributed by atoms with Gasteiger partial charge in [0.15, 0.2) is 0 Å². The average molecular weight is 138 g/mol. The molecule has 2 heteroatoms. The van der Waals surface area contributed by atoms with Gasteiger partial charge in [0, 0.05) is 18.1 Å². The molecule has 0 aromatic rings. The number of hydrogen-bond donors (Lipinski definition) is 1. The normalized spacial score (nSPS) is 13.3. The summed E-state index contributed by atoms with van der Waals surface area (Å²) in [7, 11) is 0. The van der Waals surface area contributed by atoms with Gasteiger partial charge in [-0.3, -0.25) is 4.99 Å². The lowest BCUT2D eigenvalue weighted by Gasteiger charge is -1.95. The lowest BCUT2D eigenvalue weighted by atomic mass is 10.5. The fraction of sp³-hybridized carbons (Fsp3) is 0.375. The molecule has 0 amide bonds. The van der Waals surface area contributed by atoms with Crippen LogP contribution in [0.1, 0.15) is 20.8 Å². The summed E-state index contributed by atoms with van der Waals surface area (Å²) in [5.74, 6) is 0. The van der Waals surface area contributed by atoms with Gasteiger partial charge in [-0.1, -0.05) is 6.08 Å². The van der Waals surface area contributed by atoms with Crippen molar-refractivity contribution in [3.05, 3.63) is 24.2 Å². The largest absolute Gasteiger partial charge is 0.364 e. The molecule has 56 valence electrons. The lowest BCUT2D eigenvalue weighted by Crippen LogP contribution is -1.99. The van der Waals surface area contributed by atoms with Crippen molar-refractivity contribution in [2.45, 2.75) is 20.8 Å². The summed E-state index contributed by atoms with van der Waals surface area (Å²) in [5.41, 5.74) is 1.04. The minimum atomic E-state index is 1.04. The van der Waals surface area contributed by atoms with E-state index in [9.17, 15) is 0 Å². The van der Waals surface area contributed by atoms with Gasteiger partial charge in [-0.25, -0.2) is 0 Å². The maximum absolute atomic E-state index is 3.94. The molecule has 0 aliphatic rings. The third-order valence-electron chi connectivity index (χ3n) is 0.895. The molecule has 0 saturated heterocycles. The molecule has 0 aliphatic heterocycles. The molecule has 0 aromatic heterocycles. The van der Waals surface area contributed by atoms with E-state index >= 15 is 0 Å². The highest BCUT2D eigenvalue weighted by atomic mass is 14.9. The van der Waals surface area contributed by atoms with Crippen molar-refractivity contribution >= 4 is 6.21 Å². The molecule has 0 unspecified atom stereocenters. The molecule has 10 heavy (non-hydrogen) atoms. The van der Waals surface area contributed by atoms with Crippen LogP contribution in [0, 0.1) is 0 Å². The monoisotopic (exact) mass is 138 g/mol. The Labute approximate surface area is 62.4 Å². The Hall–Kier alpha value is -1.05. The van der Waals surface area contributed by atoms with Crippen molar-refractivity contribution in [2.75, 3.05) is 0 Å². The van der Waals surface area contributed by atoms with Crippen molar-refractivity contribution in [1.29, 1.82) is 0 Å². The van der Waals surface area contributed by atoms with Crippen molar-refractivity contribution in [3.63, 3.8) is 0 Å². The molecule has 0 saturated carbocycles. The minimum Gasteiger partial charge on any atom is -0.364 e. The first kappa shape index (κ1) is 8.95. The fourth-order valence-electron chi connectivity index (χ4n) is 0.438. The first-order valence-corrected chi connectivity index (χ1v) is 3.33. The van der Waals surface area contributed by atoms with E-state index in [1.54, 1.807) is 12.4 Å². The number of nitrogens with zero attached hydrogens (tertiary/aromatic N) is 1. The predicted octanol–water partition coefficient (Wildman–Crippen LogP) is 2.06. The summed E-state index contributed by atoms with van der Waals surface area (Å²) in [4.78, 5) is 3.94. The molecule has 0 radical (unpaired) electrons. The Morgan fingerprint density at radius 1 is 1.40 bits per heavy atom. The van der Waals surface area contributed by atoms with Crippen molar-refractivity contribution < 1.29 is 0 Å². The maximum Gasteiger partial charge on any atom is 0.0453 e. The van der Waals surface area contributed by atoms with E-state index in [0.717, 1.165) is 5.70 Å². The van der Waals surface area contributed by atoms with Crippen molar-refractivity contribution in [3.8, 4) is 0 Å². The molecular formula is C8H14N2. The van der Waals surface area contributed by atoms with Gasteiger partial charge in [0.25, 0.3) is 0 Å². The SMILES string of the molecule is CC=N/C=C(/C)N/C=C/C. The Morgan fingerprint density at radius 3 is 2.60 bits per heavy atom. The highest BCUT2D eigenvalue weighted by Crippen LogP contribution is 1.85. The van der Waals surface area contributed by atoms with Crippen LogP contribution in [-0.2, 0) is 0 Å². The summed E-state index contributed by atoms with van der Waals surface area (Å²) in [6.07, 6.45) is 7.34. The van der Waals surface area contributed by atoms with E-state index in [0.29, 0.717) is 0 Å². The number of allylic oxidation sites excluding steroid dienone is 2.